The molecule has 0 aliphatic heterocycles. The Morgan fingerprint density at radius 2 is 1.88 bits per heavy atom. The normalized spacial score (nSPS) is 15.8. The average molecular weight is 357 g/mol. The lowest BCUT2D eigenvalue weighted by Crippen LogP contribution is -2.24. The third-order valence-corrected chi connectivity index (χ3v) is 4.49. The van der Waals surface area contributed by atoms with Crippen LogP contribution in [0, 0.1) is 5.92 Å². The summed E-state index contributed by atoms with van der Waals surface area (Å²) < 4.78 is 15.1. The van der Waals surface area contributed by atoms with Gasteiger partial charge in [0.2, 0.25) is 5.89 Å². The quantitative estimate of drug-likeness (QED) is 0.599. The number of oxazole rings is 1. The van der Waals surface area contributed by atoms with Gasteiger partial charge in [-0.1, -0.05) is 0 Å². The Hall–Kier alpha value is -2.96. The second-order valence-electron chi connectivity index (χ2n) is 6.12. The fourth-order valence-electron chi connectivity index (χ4n) is 3.00. The van der Waals surface area contributed by atoms with Crippen molar-refractivity contribution in [2.45, 2.75) is 25.7 Å². The van der Waals surface area contributed by atoms with Crippen molar-refractivity contribution >= 4 is 17.7 Å². The summed E-state index contributed by atoms with van der Waals surface area (Å²) in [5.41, 5.74) is 2.02. The van der Waals surface area contributed by atoms with E-state index in [9.17, 15) is 14.4 Å². The van der Waals surface area contributed by atoms with Gasteiger partial charge in [0.1, 0.15) is 18.0 Å². The number of carbonyl (C=O) groups excluding carboxylic acids is 3. The van der Waals surface area contributed by atoms with Crippen molar-refractivity contribution < 1.29 is 28.3 Å². The molecular weight excluding hydrogens is 338 g/mol. The van der Waals surface area contributed by atoms with Crippen molar-refractivity contribution in [3.05, 3.63) is 41.3 Å². The van der Waals surface area contributed by atoms with Crippen LogP contribution in [0.2, 0.25) is 0 Å². The van der Waals surface area contributed by atoms with Gasteiger partial charge in [-0.15, -0.1) is 0 Å². The number of rotatable bonds is 5. The van der Waals surface area contributed by atoms with E-state index in [1.165, 1.54) is 14.2 Å². The molecule has 0 N–H and O–H groups in total. The van der Waals surface area contributed by atoms with E-state index in [2.05, 4.69) is 14.5 Å². The third-order valence-electron chi connectivity index (χ3n) is 4.49. The summed E-state index contributed by atoms with van der Waals surface area (Å²) in [5, 5.41) is 0. The lowest BCUT2D eigenvalue weighted by molar-refractivity contribution is -0.144. The lowest BCUT2D eigenvalue weighted by atomic mass is 9.86. The maximum absolute atomic E-state index is 12.2. The van der Waals surface area contributed by atoms with Crippen LogP contribution in [-0.2, 0) is 31.9 Å². The molecule has 1 unspecified atom stereocenters. The predicted octanol–water partition coefficient (Wildman–Crippen LogP) is 2.37. The summed E-state index contributed by atoms with van der Waals surface area (Å²) in [7, 11) is 2.60. The van der Waals surface area contributed by atoms with Gasteiger partial charge in [0.05, 0.1) is 25.5 Å². The van der Waals surface area contributed by atoms with Crippen molar-refractivity contribution in [3.63, 3.8) is 0 Å². The van der Waals surface area contributed by atoms with Crippen molar-refractivity contribution in [2.75, 3.05) is 14.2 Å². The molecule has 1 aromatic heterocycles. The Morgan fingerprint density at radius 1 is 1.15 bits per heavy atom. The molecule has 1 aliphatic rings. The highest BCUT2D eigenvalue weighted by Crippen LogP contribution is 2.31. The summed E-state index contributed by atoms with van der Waals surface area (Å²) in [6.07, 6.45) is 1.47. The zero-order valence-electron chi connectivity index (χ0n) is 14.6. The highest BCUT2D eigenvalue weighted by molar-refractivity contribution is 5.97. The first-order valence-electron chi connectivity index (χ1n) is 8.28. The van der Waals surface area contributed by atoms with Gasteiger partial charge in [-0.25, -0.2) is 9.78 Å². The molecule has 0 fully saturated rings. The number of ether oxygens (including phenoxy) is 2. The number of esters is 2. The number of aryl methyl sites for hydroxylation is 1. The lowest BCUT2D eigenvalue weighted by Gasteiger charge is -2.18. The Bertz CT molecular complexity index is 836. The van der Waals surface area contributed by atoms with Crippen LogP contribution in [-0.4, -0.2) is 36.9 Å². The minimum absolute atomic E-state index is 0.136. The Labute approximate surface area is 150 Å². The number of carbonyl (C=O) groups is 3. The number of hydrogen-bond donors (Lipinski definition) is 0. The van der Waals surface area contributed by atoms with E-state index < -0.39 is 11.9 Å². The van der Waals surface area contributed by atoms with E-state index in [0.717, 1.165) is 11.3 Å². The van der Waals surface area contributed by atoms with Gasteiger partial charge in [0.25, 0.3) is 0 Å². The molecule has 3 rings (SSSR count). The fourth-order valence-corrected chi connectivity index (χ4v) is 3.00. The summed E-state index contributed by atoms with van der Waals surface area (Å²) in [6.45, 7) is 0. The Balaban J connectivity index is 1.74. The highest BCUT2D eigenvalue weighted by atomic mass is 16.5. The molecule has 7 heteroatoms. The number of benzene rings is 1. The summed E-state index contributed by atoms with van der Waals surface area (Å²) in [5.74, 6) is -0.203. The monoisotopic (exact) mass is 357 g/mol. The van der Waals surface area contributed by atoms with E-state index >= 15 is 0 Å². The van der Waals surface area contributed by atoms with Crippen molar-refractivity contribution in [1.29, 1.82) is 0 Å². The molecule has 0 saturated carbocycles. The smallest absolute Gasteiger partial charge is 0.337 e. The van der Waals surface area contributed by atoms with E-state index in [0.29, 0.717) is 36.5 Å². The number of methoxy groups -OCH3 is 2. The van der Waals surface area contributed by atoms with E-state index in [-0.39, 0.29) is 18.1 Å². The zero-order valence-corrected chi connectivity index (χ0v) is 14.6. The molecular formula is C19H19NO6. The van der Waals surface area contributed by atoms with E-state index in [1.54, 1.807) is 24.3 Å². The van der Waals surface area contributed by atoms with Crippen LogP contribution < -0.4 is 0 Å². The fraction of sp³-hybridized carbons (Fsp3) is 0.368. The van der Waals surface area contributed by atoms with Crippen molar-refractivity contribution in [2.24, 2.45) is 5.92 Å². The molecule has 0 spiro atoms. The molecule has 0 radical (unpaired) electrons. The number of aromatic nitrogens is 1. The zero-order chi connectivity index (χ0) is 18.7. The molecule has 0 amide bonds. The van der Waals surface area contributed by atoms with Crippen LogP contribution in [0.25, 0.3) is 11.5 Å². The molecule has 7 nitrogen and oxygen atoms in total. The van der Waals surface area contributed by atoms with E-state index in [1.807, 2.05) is 0 Å². The van der Waals surface area contributed by atoms with Gasteiger partial charge in [-0.3, -0.25) is 9.59 Å². The van der Waals surface area contributed by atoms with Crippen LogP contribution in [0.4, 0.5) is 0 Å². The maximum atomic E-state index is 12.2. The topological polar surface area (TPSA) is 95.7 Å². The minimum Gasteiger partial charge on any atom is -0.469 e. The Morgan fingerprint density at radius 3 is 2.54 bits per heavy atom. The largest absolute Gasteiger partial charge is 0.469 e. The molecule has 1 heterocycles. The highest BCUT2D eigenvalue weighted by Gasteiger charge is 2.30. The number of nitrogens with zero attached hydrogens (tertiary/aromatic N) is 1. The van der Waals surface area contributed by atoms with E-state index in [4.69, 9.17) is 4.42 Å². The SMILES string of the molecule is COC(=O)CC(=O)C1CCc2nc(-c3ccc(C(=O)OC)cc3)oc2C1. The molecule has 0 bridgehead atoms. The molecule has 26 heavy (non-hydrogen) atoms. The van der Waals surface area contributed by atoms with Gasteiger partial charge in [-0.05, 0) is 37.1 Å². The standard InChI is InChI=1S/C19H19NO6/c1-24-17(22)10-15(21)13-7-8-14-16(9-13)26-18(20-14)11-3-5-12(6-4-11)19(23)25-2/h3-6,13H,7-10H2,1-2H3. The molecule has 1 aromatic carbocycles. The molecule has 0 saturated heterocycles. The van der Waals surface area contributed by atoms with Crippen LogP contribution in [0.1, 0.15) is 34.7 Å². The second kappa shape index (κ2) is 7.51. The summed E-state index contributed by atoms with van der Waals surface area (Å²) in [6, 6.07) is 6.77. The average Bonchev–Trinajstić information content (AvgIpc) is 3.10. The minimum atomic E-state index is -0.523. The third kappa shape index (κ3) is 3.66. The number of ketones is 1. The van der Waals surface area contributed by atoms with Gasteiger partial charge in [0, 0.05) is 17.9 Å². The van der Waals surface area contributed by atoms with Crippen molar-refractivity contribution in [3.8, 4) is 11.5 Å². The number of hydrogen-bond acceptors (Lipinski definition) is 7. The summed E-state index contributed by atoms with van der Waals surface area (Å²) >= 11 is 0. The second-order valence-corrected chi connectivity index (χ2v) is 6.12. The number of fused-ring (bicyclic) bond motifs is 1. The first kappa shape index (κ1) is 17.8. The molecule has 136 valence electrons. The van der Waals surface area contributed by atoms with Crippen LogP contribution >= 0.6 is 0 Å². The molecule has 2 aromatic rings. The van der Waals surface area contributed by atoms with Gasteiger partial charge >= 0.3 is 11.9 Å². The van der Waals surface area contributed by atoms with Crippen molar-refractivity contribution in [1.82, 2.24) is 4.98 Å². The van der Waals surface area contributed by atoms with Crippen LogP contribution in [0.3, 0.4) is 0 Å². The van der Waals surface area contributed by atoms with Gasteiger partial charge < -0.3 is 13.9 Å². The first-order chi connectivity index (χ1) is 12.5. The van der Waals surface area contributed by atoms with Gasteiger partial charge in [-0.2, -0.15) is 0 Å². The first-order valence-corrected chi connectivity index (χ1v) is 8.28. The van der Waals surface area contributed by atoms with Crippen LogP contribution in [0.15, 0.2) is 28.7 Å². The molecule has 1 atom stereocenters. The maximum Gasteiger partial charge on any atom is 0.337 e. The Kier molecular flexibility index (Phi) is 5.16. The number of Topliss-reactive ketones (excluding diaryl/α,β-unsaturated/α-hetero) is 1. The predicted molar refractivity (Wildman–Crippen MR) is 90.4 cm³/mol. The molecule has 1 aliphatic carbocycles. The van der Waals surface area contributed by atoms with Gasteiger partial charge in [0.15, 0.2) is 0 Å². The van der Waals surface area contributed by atoms with Crippen LogP contribution in [0.5, 0.6) is 0 Å². The summed E-state index contributed by atoms with van der Waals surface area (Å²) in [4.78, 5) is 39.5.